The van der Waals surface area contributed by atoms with Crippen molar-refractivity contribution in [1.82, 2.24) is 5.32 Å². The minimum absolute atomic E-state index is 0.0152. The zero-order valence-electron chi connectivity index (χ0n) is 15.5. The van der Waals surface area contributed by atoms with Crippen LogP contribution in [-0.2, 0) is 22.4 Å². The van der Waals surface area contributed by atoms with E-state index in [9.17, 15) is 9.59 Å². The molecule has 1 aliphatic rings. The van der Waals surface area contributed by atoms with Gasteiger partial charge in [0.1, 0.15) is 5.75 Å². The average Bonchev–Trinajstić information content (AvgIpc) is 2.69. The lowest BCUT2D eigenvalue weighted by molar-refractivity contribution is -0.121. The molecule has 1 unspecified atom stereocenters. The third-order valence-corrected chi connectivity index (χ3v) is 4.77. The Bertz CT molecular complexity index is 843. The molecule has 0 heterocycles. The normalized spacial score (nSPS) is 15.4. The number of benzene rings is 2. The summed E-state index contributed by atoms with van der Waals surface area (Å²) in [5.41, 5.74) is 3.99. The summed E-state index contributed by atoms with van der Waals surface area (Å²) >= 11 is 0. The highest BCUT2D eigenvalue weighted by atomic mass is 16.5. The summed E-state index contributed by atoms with van der Waals surface area (Å²) < 4.78 is 5.33. The zero-order valence-corrected chi connectivity index (χ0v) is 15.5. The molecule has 2 aromatic carbocycles. The third kappa shape index (κ3) is 4.76. The number of hydrogen-bond donors (Lipinski definition) is 2. The fourth-order valence-corrected chi connectivity index (χ4v) is 3.38. The molecule has 0 spiro atoms. The van der Waals surface area contributed by atoms with E-state index in [0.29, 0.717) is 12.1 Å². The van der Waals surface area contributed by atoms with Crippen molar-refractivity contribution in [3.05, 3.63) is 71.8 Å². The molecule has 0 aromatic heterocycles. The van der Waals surface area contributed by atoms with Crippen LogP contribution in [0.3, 0.4) is 0 Å². The molecule has 0 aliphatic heterocycles. The van der Waals surface area contributed by atoms with Gasteiger partial charge in [-0.25, -0.2) is 0 Å². The smallest absolute Gasteiger partial charge is 0.247 e. The monoisotopic (exact) mass is 364 g/mol. The largest absolute Gasteiger partial charge is 0.497 e. The molecule has 1 atom stereocenters. The molecule has 0 saturated heterocycles. The second-order valence-corrected chi connectivity index (χ2v) is 6.64. The van der Waals surface area contributed by atoms with E-state index in [1.54, 1.807) is 19.2 Å². The van der Waals surface area contributed by atoms with Crippen molar-refractivity contribution in [1.29, 1.82) is 0 Å². The number of aryl methyl sites for hydroxylation is 1. The second-order valence-electron chi connectivity index (χ2n) is 6.64. The van der Waals surface area contributed by atoms with E-state index in [2.05, 4.69) is 23.3 Å². The maximum atomic E-state index is 12.5. The van der Waals surface area contributed by atoms with Gasteiger partial charge in [-0.2, -0.15) is 0 Å². The maximum absolute atomic E-state index is 12.5. The van der Waals surface area contributed by atoms with Gasteiger partial charge in [0.25, 0.3) is 0 Å². The molecule has 0 radical (unpaired) electrons. The van der Waals surface area contributed by atoms with Crippen LogP contribution in [0.2, 0.25) is 0 Å². The predicted molar refractivity (Wildman–Crippen MR) is 106 cm³/mol. The number of nitrogens with one attached hydrogen (secondary N) is 2. The van der Waals surface area contributed by atoms with Gasteiger partial charge >= 0.3 is 0 Å². The first-order valence-electron chi connectivity index (χ1n) is 9.07. The van der Waals surface area contributed by atoms with Gasteiger partial charge in [-0.3, -0.25) is 9.59 Å². The molecule has 5 heteroatoms. The maximum Gasteiger partial charge on any atom is 0.247 e. The quantitative estimate of drug-likeness (QED) is 0.770. The van der Waals surface area contributed by atoms with Crippen molar-refractivity contribution in [2.45, 2.75) is 31.7 Å². The van der Waals surface area contributed by atoms with E-state index in [1.165, 1.54) is 11.6 Å². The second kappa shape index (κ2) is 8.54. The summed E-state index contributed by atoms with van der Waals surface area (Å²) in [5.74, 6) is 0.539. The summed E-state index contributed by atoms with van der Waals surface area (Å²) in [5, 5.41) is 5.84. The Labute approximate surface area is 159 Å². The highest BCUT2D eigenvalue weighted by Crippen LogP contribution is 2.32. The predicted octanol–water partition coefficient (Wildman–Crippen LogP) is 3.56. The first-order valence-corrected chi connectivity index (χ1v) is 9.07. The van der Waals surface area contributed by atoms with Crippen molar-refractivity contribution in [3.8, 4) is 5.75 Å². The van der Waals surface area contributed by atoms with Crippen molar-refractivity contribution in [2.24, 2.45) is 0 Å². The lowest BCUT2D eigenvalue weighted by Gasteiger charge is -2.27. The van der Waals surface area contributed by atoms with Gasteiger partial charge in [0.15, 0.2) is 0 Å². The van der Waals surface area contributed by atoms with Crippen LogP contribution < -0.4 is 15.4 Å². The van der Waals surface area contributed by atoms with E-state index < -0.39 is 0 Å². The molecule has 3 rings (SSSR count). The molecule has 2 amide bonds. The number of carbonyl (C=O) groups is 2. The van der Waals surface area contributed by atoms with Crippen LogP contribution in [0.5, 0.6) is 5.75 Å². The van der Waals surface area contributed by atoms with Crippen LogP contribution in [0.25, 0.3) is 0 Å². The standard InChI is InChI=1S/C22H24N2O3/c1-3-21(25)23-17-10-7-15(8-11-17)13-22(26)24-20-6-4-5-16-9-12-18(27-2)14-19(16)20/h3,7-12,14,20H,1,4-6,13H2,2H3,(H,23,25)(H,24,26). The van der Waals surface area contributed by atoms with Gasteiger partial charge in [0.05, 0.1) is 19.6 Å². The zero-order chi connectivity index (χ0) is 19.2. The van der Waals surface area contributed by atoms with E-state index in [4.69, 9.17) is 4.74 Å². The molecule has 2 N–H and O–H groups in total. The minimum Gasteiger partial charge on any atom is -0.497 e. The molecule has 0 saturated carbocycles. The number of carbonyl (C=O) groups excluding carboxylic acids is 2. The fraction of sp³-hybridized carbons (Fsp3) is 0.273. The van der Waals surface area contributed by atoms with Gasteiger partial charge in [-0.05, 0) is 66.3 Å². The molecule has 5 nitrogen and oxygen atoms in total. The Hall–Kier alpha value is -3.08. The SMILES string of the molecule is C=CC(=O)Nc1ccc(CC(=O)NC2CCCc3ccc(OC)cc32)cc1. The van der Waals surface area contributed by atoms with Crippen LogP contribution in [0, 0.1) is 0 Å². The van der Waals surface area contributed by atoms with Crippen molar-refractivity contribution < 1.29 is 14.3 Å². The van der Waals surface area contributed by atoms with E-state index >= 15 is 0 Å². The average molecular weight is 364 g/mol. The topological polar surface area (TPSA) is 67.4 Å². The molecule has 2 aromatic rings. The number of hydrogen-bond acceptors (Lipinski definition) is 3. The number of amides is 2. The van der Waals surface area contributed by atoms with Gasteiger partial charge in [0.2, 0.25) is 11.8 Å². The lowest BCUT2D eigenvalue weighted by atomic mass is 9.87. The van der Waals surface area contributed by atoms with Gasteiger partial charge in [0, 0.05) is 5.69 Å². The first kappa shape index (κ1) is 18.7. The Balaban J connectivity index is 1.63. The van der Waals surface area contributed by atoms with Crippen LogP contribution in [0.4, 0.5) is 5.69 Å². The number of fused-ring (bicyclic) bond motifs is 1. The first-order chi connectivity index (χ1) is 13.1. The summed E-state index contributed by atoms with van der Waals surface area (Å²) in [6, 6.07) is 13.3. The molecule has 0 bridgehead atoms. The molecular weight excluding hydrogens is 340 g/mol. The van der Waals surface area contributed by atoms with Gasteiger partial charge in [-0.1, -0.05) is 24.8 Å². The van der Waals surface area contributed by atoms with Crippen molar-refractivity contribution >= 4 is 17.5 Å². The Morgan fingerprint density at radius 3 is 2.70 bits per heavy atom. The van der Waals surface area contributed by atoms with E-state index in [1.807, 2.05) is 24.3 Å². The highest BCUT2D eigenvalue weighted by Gasteiger charge is 2.22. The third-order valence-electron chi connectivity index (χ3n) is 4.77. The highest BCUT2D eigenvalue weighted by molar-refractivity contribution is 5.98. The molecule has 140 valence electrons. The summed E-state index contributed by atoms with van der Waals surface area (Å²) in [6.45, 7) is 3.42. The van der Waals surface area contributed by atoms with Crippen LogP contribution in [0.15, 0.2) is 55.1 Å². The summed E-state index contributed by atoms with van der Waals surface area (Å²) in [4.78, 5) is 23.8. The summed E-state index contributed by atoms with van der Waals surface area (Å²) in [7, 11) is 1.65. The van der Waals surface area contributed by atoms with Crippen LogP contribution >= 0.6 is 0 Å². The molecular formula is C22H24N2O3. The summed E-state index contributed by atoms with van der Waals surface area (Å²) in [6.07, 6.45) is 4.54. The van der Waals surface area contributed by atoms with Crippen molar-refractivity contribution in [3.63, 3.8) is 0 Å². The van der Waals surface area contributed by atoms with Gasteiger partial charge < -0.3 is 15.4 Å². The van der Waals surface area contributed by atoms with Gasteiger partial charge in [-0.15, -0.1) is 0 Å². The molecule has 1 aliphatic carbocycles. The number of rotatable bonds is 6. The van der Waals surface area contributed by atoms with Crippen LogP contribution in [-0.4, -0.2) is 18.9 Å². The Morgan fingerprint density at radius 1 is 1.22 bits per heavy atom. The molecule has 27 heavy (non-hydrogen) atoms. The minimum atomic E-state index is -0.258. The number of anilines is 1. The number of ether oxygens (including phenoxy) is 1. The number of methoxy groups -OCH3 is 1. The van der Waals surface area contributed by atoms with E-state index in [-0.39, 0.29) is 17.9 Å². The van der Waals surface area contributed by atoms with E-state index in [0.717, 1.165) is 36.1 Å². The Kier molecular flexibility index (Phi) is 5.91. The van der Waals surface area contributed by atoms with Crippen LogP contribution in [0.1, 0.15) is 35.6 Å². The fourth-order valence-electron chi connectivity index (χ4n) is 3.38. The Morgan fingerprint density at radius 2 is 2.00 bits per heavy atom. The molecule has 0 fully saturated rings. The van der Waals surface area contributed by atoms with Crippen molar-refractivity contribution in [2.75, 3.05) is 12.4 Å². The lowest BCUT2D eigenvalue weighted by Crippen LogP contribution is -2.32.